The Kier molecular flexibility index (Phi) is 5.63. The number of benzene rings is 3. The Balaban J connectivity index is 2.00. The summed E-state index contributed by atoms with van der Waals surface area (Å²) in [5.41, 5.74) is -0.0788. The molecule has 6 nitrogen and oxygen atoms in total. The molecule has 1 unspecified atom stereocenters. The summed E-state index contributed by atoms with van der Waals surface area (Å²) >= 11 is 0. The Morgan fingerprint density at radius 3 is 2.39 bits per heavy atom. The van der Waals surface area contributed by atoms with Crippen LogP contribution in [0.5, 0.6) is 5.75 Å². The lowest BCUT2D eigenvalue weighted by Crippen LogP contribution is -2.29. The van der Waals surface area contributed by atoms with Crippen molar-refractivity contribution in [1.29, 1.82) is 5.26 Å². The monoisotopic (exact) mass is 446 g/mol. The van der Waals surface area contributed by atoms with Crippen molar-refractivity contribution in [3.8, 4) is 11.8 Å². The van der Waals surface area contributed by atoms with Crippen LogP contribution in [0.2, 0.25) is 0 Å². The van der Waals surface area contributed by atoms with Gasteiger partial charge in [0.1, 0.15) is 23.1 Å². The van der Waals surface area contributed by atoms with Crippen LogP contribution in [0.25, 0.3) is 5.76 Å². The first kappa shape index (κ1) is 21.7. The summed E-state index contributed by atoms with van der Waals surface area (Å²) in [6.07, 6.45) is 0. The van der Waals surface area contributed by atoms with E-state index in [1.54, 1.807) is 0 Å². The van der Waals surface area contributed by atoms with E-state index in [1.165, 1.54) is 55.6 Å². The highest BCUT2D eigenvalue weighted by Gasteiger charge is 2.48. The van der Waals surface area contributed by atoms with Gasteiger partial charge < -0.3 is 9.84 Å². The van der Waals surface area contributed by atoms with Crippen LogP contribution < -0.4 is 9.64 Å². The Morgan fingerprint density at radius 2 is 1.76 bits per heavy atom. The number of nitriles is 1. The molecule has 1 aliphatic rings. The van der Waals surface area contributed by atoms with Crippen molar-refractivity contribution in [3.05, 3.63) is 101 Å². The highest BCUT2D eigenvalue weighted by atomic mass is 19.1. The Hall–Kier alpha value is -4.51. The number of ether oxygens (including phenoxy) is 1. The van der Waals surface area contributed by atoms with Crippen molar-refractivity contribution in [2.75, 3.05) is 12.0 Å². The van der Waals surface area contributed by atoms with Gasteiger partial charge in [-0.25, -0.2) is 8.78 Å². The summed E-state index contributed by atoms with van der Waals surface area (Å²) in [7, 11) is 1.30. The molecule has 33 heavy (non-hydrogen) atoms. The van der Waals surface area contributed by atoms with Gasteiger partial charge in [0, 0.05) is 11.3 Å². The molecule has 1 heterocycles. The van der Waals surface area contributed by atoms with Gasteiger partial charge in [-0.05, 0) is 48.5 Å². The number of anilines is 1. The molecule has 0 radical (unpaired) electrons. The van der Waals surface area contributed by atoms with Gasteiger partial charge in [0.05, 0.1) is 35.9 Å². The lowest BCUT2D eigenvalue weighted by atomic mass is 9.94. The third-order valence-electron chi connectivity index (χ3n) is 5.34. The summed E-state index contributed by atoms with van der Waals surface area (Å²) in [5, 5.41) is 20.1. The SMILES string of the molecule is COc1ccc(F)cc1/C(O)=C1\C(=O)C(=O)N(c2ccc(C#N)cc2)C1c1ccccc1F. The van der Waals surface area contributed by atoms with E-state index < -0.39 is 40.7 Å². The number of ketones is 1. The number of hydrogen-bond donors (Lipinski definition) is 1. The van der Waals surface area contributed by atoms with E-state index in [4.69, 9.17) is 10.00 Å². The molecule has 0 aliphatic carbocycles. The lowest BCUT2D eigenvalue weighted by molar-refractivity contribution is -0.132. The fourth-order valence-electron chi connectivity index (χ4n) is 3.80. The average Bonchev–Trinajstić information content (AvgIpc) is 3.09. The number of aliphatic hydroxyl groups is 1. The third kappa shape index (κ3) is 3.70. The number of Topliss-reactive ketones (excluding diaryl/α,β-unsaturated/α-hetero) is 1. The molecule has 164 valence electrons. The summed E-state index contributed by atoms with van der Waals surface area (Å²) in [4.78, 5) is 27.2. The number of halogens is 2. The maximum atomic E-state index is 14.9. The summed E-state index contributed by atoms with van der Waals surface area (Å²) < 4.78 is 34.0. The minimum Gasteiger partial charge on any atom is -0.507 e. The molecule has 8 heteroatoms. The van der Waals surface area contributed by atoms with Crippen molar-refractivity contribution in [3.63, 3.8) is 0 Å². The number of methoxy groups -OCH3 is 1. The van der Waals surface area contributed by atoms with Crippen molar-refractivity contribution in [1.82, 2.24) is 0 Å². The van der Waals surface area contributed by atoms with Gasteiger partial charge in [0.2, 0.25) is 0 Å². The van der Waals surface area contributed by atoms with Crippen LogP contribution in [-0.2, 0) is 9.59 Å². The van der Waals surface area contributed by atoms with Crippen LogP contribution in [0.4, 0.5) is 14.5 Å². The van der Waals surface area contributed by atoms with Gasteiger partial charge in [-0.3, -0.25) is 14.5 Å². The highest BCUT2D eigenvalue weighted by Crippen LogP contribution is 2.44. The largest absolute Gasteiger partial charge is 0.507 e. The number of nitrogens with zero attached hydrogens (tertiary/aromatic N) is 2. The van der Waals surface area contributed by atoms with Gasteiger partial charge in [-0.1, -0.05) is 18.2 Å². The molecule has 1 atom stereocenters. The predicted octanol–water partition coefficient (Wildman–Crippen LogP) is 4.47. The molecular formula is C25H16F2N2O4. The van der Waals surface area contributed by atoms with E-state index in [0.717, 1.165) is 23.1 Å². The van der Waals surface area contributed by atoms with Crippen molar-refractivity contribution >= 4 is 23.1 Å². The first-order chi connectivity index (χ1) is 15.9. The summed E-state index contributed by atoms with van der Waals surface area (Å²) in [6, 6.07) is 15.3. The zero-order chi connectivity index (χ0) is 23.7. The van der Waals surface area contributed by atoms with Crippen LogP contribution >= 0.6 is 0 Å². The predicted molar refractivity (Wildman–Crippen MR) is 115 cm³/mol. The normalized spacial score (nSPS) is 17.2. The van der Waals surface area contributed by atoms with Gasteiger partial charge in [0.15, 0.2) is 0 Å². The van der Waals surface area contributed by atoms with Crippen LogP contribution in [0.1, 0.15) is 22.7 Å². The number of rotatable bonds is 4. The van der Waals surface area contributed by atoms with E-state index in [-0.39, 0.29) is 22.6 Å². The highest BCUT2D eigenvalue weighted by molar-refractivity contribution is 6.51. The molecule has 1 saturated heterocycles. The van der Waals surface area contributed by atoms with E-state index in [2.05, 4.69) is 0 Å². The van der Waals surface area contributed by atoms with E-state index >= 15 is 0 Å². The van der Waals surface area contributed by atoms with Crippen LogP contribution in [-0.4, -0.2) is 23.9 Å². The van der Waals surface area contributed by atoms with E-state index in [1.807, 2.05) is 6.07 Å². The zero-order valence-electron chi connectivity index (χ0n) is 17.3. The molecular weight excluding hydrogens is 430 g/mol. The van der Waals surface area contributed by atoms with Gasteiger partial charge in [0.25, 0.3) is 11.7 Å². The molecule has 0 saturated carbocycles. The molecule has 4 rings (SSSR count). The molecule has 3 aromatic rings. The molecule has 3 aromatic carbocycles. The lowest BCUT2D eigenvalue weighted by Gasteiger charge is -2.26. The Morgan fingerprint density at radius 1 is 1.06 bits per heavy atom. The first-order valence-corrected chi connectivity index (χ1v) is 9.77. The van der Waals surface area contributed by atoms with E-state index in [9.17, 15) is 23.5 Å². The zero-order valence-corrected chi connectivity index (χ0v) is 17.3. The maximum Gasteiger partial charge on any atom is 0.300 e. The second-order valence-corrected chi connectivity index (χ2v) is 7.19. The molecule has 0 aromatic heterocycles. The number of hydrogen-bond acceptors (Lipinski definition) is 5. The van der Waals surface area contributed by atoms with Crippen LogP contribution in [0, 0.1) is 23.0 Å². The molecule has 1 N–H and O–H groups in total. The van der Waals surface area contributed by atoms with Crippen LogP contribution in [0.15, 0.2) is 72.3 Å². The number of carbonyl (C=O) groups excluding carboxylic acids is 2. The molecule has 1 amide bonds. The fourth-order valence-corrected chi connectivity index (χ4v) is 3.80. The molecule has 1 fully saturated rings. The smallest absolute Gasteiger partial charge is 0.300 e. The molecule has 1 aliphatic heterocycles. The number of amides is 1. The third-order valence-corrected chi connectivity index (χ3v) is 5.34. The van der Waals surface area contributed by atoms with Crippen molar-refractivity contribution in [2.45, 2.75) is 6.04 Å². The van der Waals surface area contributed by atoms with Gasteiger partial charge >= 0.3 is 0 Å². The topological polar surface area (TPSA) is 90.6 Å². The summed E-state index contributed by atoms with van der Waals surface area (Å²) in [6.45, 7) is 0. The number of carbonyl (C=O) groups is 2. The minimum atomic E-state index is -1.34. The first-order valence-electron chi connectivity index (χ1n) is 9.77. The van der Waals surface area contributed by atoms with Gasteiger partial charge in [-0.15, -0.1) is 0 Å². The summed E-state index contributed by atoms with van der Waals surface area (Å²) in [5.74, 6) is -4.14. The average molecular weight is 446 g/mol. The standard InChI is InChI=1S/C25H16F2N2O4/c1-33-20-11-8-15(26)12-18(20)23(30)21-22(17-4-2-3-5-19(17)27)29(25(32)24(21)31)16-9-6-14(13-28)7-10-16/h2-12,22,30H,1H3/b23-21+. The molecule has 0 bridgehead atoms. The second kappa shape index (κ2) is 8.55. The van der Waals surface area contributed by atoms with Crippen molar-refractivity contribution in [2.24, 2.45) is 0 Å². The Labute approximate surface area is 187 Å². The van der Waals surface area contributed by atoms with Crippen LogP contribution in [0.3, 0.4) is 0 Å². The minimum absolute atomic E-state index is 0.0435. The fraction of sp³-hybridized carbons (Fsp3) is 0.0800. The van der Waals surface area contributed by atoms with E-state index in [0.29, 0.717) is 5.56 Å². The second-order valence-electron chi connectivity index (χ2n) is 7.19. The number of aliphatic hydroxyl groups excluding tert-OH is 1. The molecule has 0 spiro atoms. The van der Waals surface area contributed by atoms with Gasteiger partial charge in [-0.2, -0.15) is 5.26 Å². The Bertz CT molecular complexity index is 1340. The van der Waals surface area contributed by atoms with Crippen molar-refractivity contribution < 1.29 is 28.2 Å². The maximum absolute atomic E-state index is 14.9. The quantitative estimate of drug-likeness (QED) is 0.363.